The molecule has 0 amide bonds. The molecule has 0 atom stereocenters. The minimum absolute atomic E-state index is 0.824. The first kappa shape index (κ1) is 14.4. The van der Waals surface area contributed by atoms with Gasteiger partial charge in [0, 0.05) is 6.04 Å². The number of hydrogen-bond donors (Lipinski definition) is 0. The molecule has 0 spiro atoms. The predicted octanol–water partition coefficient (Wildman–Crippen LogP) is 4.15. The molecule has 0 unspecified atom stereocenters. The van der Waals surface area contributed by atoms with Gasteiger partial charge in [-0.05, 0) is 29.8 Å². The zero-order chi connectivity index (χ0) is 15.0. The van der Waals surface area contributed by atoms with E-state index in [2.05, 4.69) is 12.1 Å². The van der Waals surface area contributed by atoms with Gasteiger partial charge in [-0.2, -0.15) is 0 Å². The third-order valence-electron chi connectivity index (χ3n) is 3.27. The molecule has 0 radical (unpaired) electrons. The summed E-state index contributed by atoms with van der Waals surface area (Å²) in [6.07, 6.45) is 0. The molecule has 0 N–H and O–H groups in total. The molecule has 110 valence electrons. The molecule has 3 aromatic carbocycles. The van der Waals surface area contributed by atoms with E-state index in [0.29, 0.717) is 0 Å². The SMILES string of the molecule is c1ccc(C[SiH](Oc2ccccc2)Oc2ccccc2)cc1. The van der Waals surface area contributed by atoms with Gasteiger partial charge < -0.3 is 8.85 Å². The van der Waals surface area contributed by atoms with Crippen LogP contribution in [0.5, 0.6) is 11.5 Å². The highest BCUT2D eigenvalue weighted by Gasteiger charge is 2.18. The third kappa shape index (κ3) is 4.23. The molecule has 2 nitrogen and oxygen atoms in total. The molecule has 3 aromatic rings. The average molecular weight is 306 g/mol. The lowest BCUT2D eigenvalue weighted by Crippen LogP contribution is -2.33. The summed E-state index contributed by atoms with van der Waals surface area (Å²) >= 11 is 0. The molecular weight excluding hydrogens is 288 g/mol. The highest BCUT2D eigenvalue weighted by atomic mass is 28.3. The molecule has 0 heterocycles. The zero-order valence-electron chi connectivity index (χ0n) is 12.3. The van der Waals surface area contributed by atoms with Gasteiger partial charge in [0.1, 0.15) is 11.5 Å². The van der Waals surface area contributed by atoms with Gasteiger partial charge in [0.2, 0.25) is 0 Å². The van der Waals surface area contributed by atoms with E-state index < -0.39 is 9.28 Å². The van der Waals surface area contributed by atoms with Crippen LogP contribution in [0, 0.1) is 0 Å². The standard InChI is InChI=1S/C19H18O2Si/c1-4-10-17(11-5-1)16-22(20-18-12-6-2-7-13-18)21-19-14-8-3-9-15-19/h1-15,22H,16H2. The minimum Gasteiger partial charge on any atom is -0.514 e. The van der Waals surface area contributed by atoms with Crippen LogP contribution in [0.25, 0.3) is 0 Å². The highest BCUT2D eigenvalue weighted by Crippen LogP contribution is 2.16. The van der Waals surface area contributed by atoms with Crippen molar-refractivity contribution in [2.24, 2.45) is 0 Å². The first-order valence-corrected chi connectivity index (χ1v) is 9.13. The van der Waals surface area contributed by atoms with Crippen LogP contribution < -0.4 is 8.85 Å². The van der Waals surface area contributed by atoms with Gasteiger partial charge in [-0.1, -0.05) is 66.7 Å². The Kier molecular flexibility index (Phi) is 4.90. The number of benzene rings is 3. The molecular formula is C19H18O2Si. The second-order valence-electron chi connectivity index (χ2n) is 4.98. The van der Waals surface area contributed by atoms with Gasteiger partial charge in [0.05, 0.1) is 0 Å². The van der Waals surface area contributed by atoms with E-state index in [1.807, 2.05) is 78.9 Å². The van der Waals surface area contributed by atoms with E-state index in [9.17, 15) is 0 Å². The highest BCUT2D eigenvalue weighted by molar-refractivity contribution is 6.45. The van der Waals surface area contributed by atoms with Crippen LogP contribution in [0.3, 0.4) is 0 Å². The molecule has 0 aliphatic rings. The van der Waals surface area contributed by atoms with Crippen LogP contribution in [0.15, 0.2) is 91.0 Å². The Morgan fingerprint density at radius 3 is 1.41 bits per heavy atom. The van der Waals surface area contributed by atoms with E-state index in [1.165, 1.54) is 5.56 Å². The summed E-state index contributed by atoms with van der Waals surface area (Å²) in [4.78, 5) is 0. The monoisotopic (exact) mass is 306 g/mol. The van der Waals surface area contributed by atoms with Gasteiger partial charge in [-0.25, -0.2) is 0 Å². The van der Waals surface area contributed by atoms with Gasteiger partial charge in [-0.3, -0.25) is 0 Å². The Labute approximate surface area is 132 Å². The second kappa shape index (κ2) is 7.48. The fourth-order valence-corrected chi connectivity index (χ4v) is 4.01. The summed E-state index contributed by atoms with van der Waals surface area (Å²) < 4.78 is 12.3. The lowest BCUT2D eigenvalue weighted by Gasteiger charge is -2.19. The Balaban J connectivity index is 1.75. The van der Waals surface area contributed by atoms with Gasteiger partial charge in [-0.15, -0.1) is 0 Å². The second-order valence-corrected chi connectivity index (χ2v) is 6.72. The largest absolute Gasteiger partial charge is 0.514 e. The van der Waals surface area contributed by atoms with Crippen LogP contribution in [0.4, 0.5) is 0 Å². The fourth-order valence-electron chi connectivity index (χ4n) is 2.22. The number of para-hydroxylation sites is 2. The van der Waals surface area contributed by atoms with Crippen molar-refractivity contribution in [1.29, 1.82) is 0 Å². The maximum atomic E-state index is 6.14. The van der Waals surface area contributed by atoms with Crippen molar-refractivity contribution >= 4 is 9.28 Å². The molecule has 3 rings (SSSR count). The first-order valence-electron chi connectivity index (χ1n) is 7.37. The van der Waals surface area contributed by atoms with Crippen molar-refractivity contribution in [3.05, 3.63) is 96.6 Å². The van der Waals surface area contributed by atoms with E-state index in [4.69, 9.17) is 8.85 Å². The van der Waals surface area contributed by atoms with Crippen molar-refractivity contribution in [2.45, 2.75) is 6.04 Å². The summed E-state index contributed by atoms with van der Waals surface area (Å²) in [5.74, 6) is 1.73. The van der Waals surface area contributed by atoms with Crippen LogP contribution in [-0.4, -0.2) is 9.28 Å². The molecule has 0 saturated heterocycles. The molecule has 0 aliphatic heterocycles. The van der Waals surface area contributed by atoms with E-state index in [1.54, 1.807) is 0 Å². The molecule has 0 aromatic heterocycles. The third-order valence-corrected chi connectivity index (χ3v) is 5.14. The Morgan fingerprint density at radius 2 is 0.955 bits per heavy atom. The van der Waals surface area contributed by atoms with Crippen LogP contribution in [-0.2, 0) is 6.04 Å². The molecule has 0 saturated carbocycles. The van der Waals surface area contributed by atoms with Gasteiger partial charge >= 0.3 is 9.28 Å². The summed E-state index contributed by atoms with van der Waals surface area (Å²) in [6, 6.07) is 30.9. The molecule has 3 heteroatoms. The van der Waals surface area contributed by atoms with E-state index in [-0.39, 0.29) is 0 Å². The normalized spacial score (nSPS) is 10.4. The summed E-state index contributed by atoms with van der Waals surface area (Å²) in [6.45, 7) is 0. The van der Waals surface area contributed by atoms with Crippen molar-refractivity contribution in [3.8, 4) is 11.5 Å². The average Bonchev–Trinajstić information content (AvgIpc) is 2.57. The number of hydrogen-bond acceptors (Lipinski definition) is 2. The van der Waals surface area contributed by atoms with E-state index in [0.717, 1.165) is 17.5 Å². The van der Waals surface area contributed by atoms with Gasteiger partial charge in [0.15, 0.2) is 0 Å². The maximum Gasteiger partial charge on any atom is 0.448 e. The Bertz CT molecular complexity index is 573. The van der Waals surface area contributed by atoms with E-state index >= 15 is 0 Å². The van der Waals surface area contributed by atoms with Crippen molar-refractivity contribution in [1.82, 2.24) is 0 Å². The van der Waals surface area contributed by atoms with Gasteiger partial charge in [0.25, 0.3) is 0 Å². The summed E-state index contributed by atoms with van der Waals surface area (Å²) in [7, 11) is -1.91. The molecule has 0 aliphatic carbocycles. The minimum atomic E-state index is -1.91. The lowest BCUT2D eigenvalue weighted by molar-refractivity contribution is 0.420. The van der Waals surface area contributed by atoms with Crippen molar-refractivity contribution < 1.29 is 8.85 Å². The maximum absolute atomic E-state index is 6.14. The summed E-state index contributed by atoms with van der Waals surface area (Å²) in [5.41, 5.74) is 1.24. The molecule has 0 fully saturated rings. The van der Waals surface area contributed by atoms with Crippen molar-refractivity contribution in [2.75, 3.05) is 0 Å². The fraction of sp³-hybridized carbons (Fsp3) is 0.0526. The smallest absolute Gasteiger partial charge is 0.448 e. The van der Waals surface area contributed by atoms with Crippen LogP contribution in [0.1, 0.15) is 5.56 Å². The predicted molar refractivity (Wildman–Crippen MR) is 91.4 cm³/mol. The van der Waals surface area contributed by atoms with Crippen LogP contribution in [0.2, 0.25) is 0 Å². The Morgan fingerprint density at radius 1 is 0.545 bits per heavy atom. The summed E-state index contributed by atoms with van der Waals surface area (Å²) in [5, 5.41) is 0. The lowest BCUT2D eigenvalue weighted by atomic mass is 10.2. The van der Waals surface area contributed by atoms with Crippen molar-refractivity contribution in [3.63, 3.8) is 0 Å². The molecule has 22 heavy (non-hydrogen) atoms. The molecule has 0 bridgehead atoms. The zero-order valence-corrected chi connectivity index (χ0v) is 13.4. The Hall–Kier alpha value is -2.52. The first-order chi connectivity index (χ1) is 10.9. The van der Waals surface area contributed by atoms with Crippen LogP contribution >= 0.6 is 0 Å². The topological polar surface area (TPSA) is 18.5 Å². The number of rotatable bonds is 6. The quantitative estimate of drug-likeness (QED) is 0.637.